The van der Waals surface area contributed by atoms with E-state index in [2.05, 4.69) is 10.6 Å². The molecule has 2 fully saturated rings. The maximum atomic E-state index is 13.8. The van der Waals surface area contributed by atoms with Crippen molar-refractivity contribution in [1.29, 1.82) is 0 Å². The van der Waals surface area contributed by atoms with E-state index < -0.39 is 11.6 Å². The number of benzene rings is 1. The molecule has 0 aliphatic carbocycles. The number of nitrogens with one attached hydrogen (secondary N) is 2. The number of thioether (sulfide) groups is 1. The molecular formula is C16H21F2N3OS. The molecule has 0 saturated carbocycles. The van der Waals surface area contributed by atoms with Crippen LogP contribution in [0.15, 0.2) is 18.2 Å². The molecule has 1 aromatic carbocycles. The summed E-state index contributed by atoms with van der Waals surface area (Å²) in [6.45, 7) is 1.65. The molecule has 3 rings (SSSR count). The van der Waals surface area contributed by atoms with Crippen molar-refractivity contribution < 1.29 is 13.6 Å². The Morgan fingerprint density at radius 1 is 1.39 bits per heavy atom. The molecule has 1 aromatic rings. The first-order valence-corrected chi connectivity index (χ1v) is 9.05. The van der Waals surface area contributed by atoms with Crippen LogP contribution in [-0.2, 0) is 11.3 Å². The van der Waals surface area contributed by atoms with Gasteiger partial charge in [0, 0.05) is 36.3 Å². The Morgan fingerprint density at radius 3 is 2.87 bits per heavy atom. The van der Waals surface area contributed by atoms with Crippen LogP contribution in [0.2, 0.25) is 0 Å². The van der Waals surface area contributed by atoms with E-state index in [9.17, 15) is 13.6 Å². The van der Waals surface area contributed by atoms with Crippen LogP contribution < -0.4 is 10.6 Å². The van der Waals surface area contributed by atoms with Crippen LogP contribution >= 0.6 is 11.8 Å². The van der Waals surface area contributed by atoms with Gasteiger partial charge in [-0.05, 0) is 31.5 Å². The van der Waals surface area contributed by atoms with Gasteiger partial charge in [0.2, 0.25) is 5.91 Å². The summed E-state index contributed by atoms with van der Waals surface area (Å²) in [6, 6.07) is 3.86. The van der Waals surface area contributed by atoms with Gasteiger partial charge in [-0.25, -0.2) is 8.78 Å². The zero-order valence-electron chi connectivity index (χ0n) is 12.9. The second-order valence-electron chi connectivity index (χ2n) is 6.05. The lowest BCUT2D eigenvalue weighted by Gasteiger charge is -2.33. The molecule has 4 nitrogen and oxygen atoms in total. The summed E-state index contributed by atoms with van der Waals surface area (Å²) in [4.78, 5) is 14.2. The Kier molecular flexibility index (Phi) is 5.50. The van der Waals surface area contributed by atoms with Crippen molar-refractivity contribution in [2.24, 2.45) is 0 Å². The molecule has 2 aliphatic rings. The highest BCUT2D eigenvalue weighted by atomic mass is 32.2. The molecule has 0 aromatic heterocycles. The average Bonchev–Trinajstić information content (AvgIpc) is 3.06. The Balaban J connectivity index is 1.56. The van der Waals surface area contributed by atoms with Crippen LogP contribution in [0.4, 0.5) is 8.78 Å². The Labute approximate surface area is 139 Å². The summed E-state index contributed by atoms with van der Waals surface area (Å²) in [5, 5.41) is 6.21. The zero-order chi connectivity index (χ0) is 16.2. The molecular weight excluding hydrogens is 320 g/mol. The quantitative estimate of drug-likeness (QED) is 0.875. The number of carbonyl (C=O) groups excluding carboxylic acids is 1. The number of carbonyl (C=O) groups is 1. The van der Waals surface area contributed by atoms with E-state index in [0.29, 0.717) is 6.54 Å². The second kappa shape index (κ2) is 7.59. The van der Waals surface area contributed by atoms with Crippen molar-refractivity contribution in [2.45, 2.75) is 31.5 Å². The van der Waals surface area contributed by atoms with Crippen molar-refractivity contribution in [1.82, 2.24) is 15.5 Å². The van der Waals surface area contributed by atoms with Crippen molar-refractivity contribution >= 4 is 17.7 Å². The predicted octanol–water partition coefficient (Wildman–Crippen LogP) is 1.71. The van der Waals surface area contributed by atoms with Gasteiger partial charge in [-0.15, -0.1) is 11.8 Å². The number of hydrogen-bond donors (Lipinski definition) is 2. The fourth-order valence-corrected chi connectivity index (χ4v) is 4.03. The van der Waals surface area contributed by atoms with Gasteiger partial charge in [0.1, 0.15) is 11.6 Å². The van der Waals surface area contributed by atoms with Crippen LogP contribution in [0.3, 0.4) is 0 Å². The minimum absolute atomic E-state index is 0.0268. The van der Waals surface area contributed by atoms with Crippen LogP contribution in [0.1, 0.15) is 18.4 Å². The number of hydrogen-bond acceptors (Lipinski definition) is 4. The number of nitrogens with zero attached hydrogens (tertiary/aromatic N) is 1. The summed E-state index contributed by atoms with van der Waals surface area (Å²) in [5.41, 5.74) is 0.105. The summed E-state index contributed by atoms with van der Waals surface area (Å²) in [6.07, 6.45) is 1.82. The van der Waals surface area contributed by atoms with Gasteiger partial charge in [0.15, 0.2) is 0 Å². The molecule has 2 saturated heterocycles. The largest absolute Gasteiger partial charge is 0.351 e. The zero-order valence-corrected chi connectivity index (χ0v) is 13.7. The summed E-state index contributed by atoms with van der Waals surface area (Å²) >= 11 is 1.71. The van der Waals surface area contributed by atoms with E-state index in [0.717, 1.165) is 31.0 Å². The lowest BCUT2D eigenvalue weighted by molar-refractivity contribution is -0.123. The third-order valence-electron chi connectivity index (χ3n) is 4.33. The average molecular weight is 341 g/mol. The van der Waals surface area contributed by atoms with Crippen LogP contribution in [-0.4, -0.2) is 47.6 Å². The summed E-state index contributed by atoms with van der Waals surface area (Å²) < 4.78 is 27.5. The number of halogens is 2. The molecule has 2 aliphatic heterocycles. The summed E-state index contributed by atoms with van der Waals surface area (Å²) in [5.74, 6) is 0.607. The van der Waals surface area contributed by atoms with Gasteiger partial charge in [-0.3, -0.25) is 15.0 Å². The van der Waals surface area contributed by atoms with Gasteiger partial charge >= 0.3 is 0 Å². The van der Waals surface area contributed by atoms with Crippen LogP contribution in [0.25, 0.3) is 0 Å². The fraction of sp³-hybridized carbons (Fsp3) is 0.562. The number of rotatable bonds is 4. The fourth-order valence-electron chi connectivity index (χ4n) is 3.09. The van der Waals surface area contributed by atoms with Gasteiger partial charge in [-0.2, -0.15) is 0 Å². The third kappa shape index (κ3) is 4.22. The standard InChI is InChI=1S/C16H21F2N3OS/c17-13-4-1-5-14(18)12(13)8-21-6-2-3-11(7-21)20-16(22)15-9-23-10-19-15/h1,4-5,11,15,19H,2-3,6-10H2,(H,20,22)/t11?,15-/m1/s1. The minimum atomic E-state index is -0.511. The molecule has 1 amide bonds. The molecule has 0 radical (unpaired) electrons. The molecule has 7 heteroatoms. The van der Waals surface area contributed by atoms with E-state index in [1.807, 2.05) is 4.90 Å². The highest BCUT2D eigenvalue weighted by Crippen LogP contribution is 2.19. The van der Waals surface area contributed by atoms with Gasteiger partial charge in [-0.1, -0.05) is 6.07 Å². The smallest absolute Gasteiger partial charge is 0.238 e. The molecule has 2 heterocycles. The second-order valence-corrected chi connectivity index (χ2v) is 7.09. The topological polar surface area (TPSA) is 44.4 Å². The Morgan fingerprint density at radius 2 is 2.17 bits per heavy atom. The van der Waals surface area contributed by atoms with Crippen LogP contribution in [0.5, 0.6) is 0 Å². The predicted molar refractivity (Wildman–Crippen MR) is 87.0 cm³/mol. The highest BCUT2D eigenvalue weighted by Gasteiger charge is 2.27. The lowest BCUT2D eigenvalue weighted by atomic mass is 10.0. The van der Waals surface area contributed by atoms with Gasteiger partial charge in [0.05, 0.1) is 6.04 Å². The molecule has 0 bridgehead atoms. The molecule has 23 heavy (non-hydrogen) atoms. The highest BCUT2D eigenvalue weighted by molar-refractivity contribution is 7.99. The number of amides is 1. The Hall–Kier alpha value is -1.18. The molecule has 126 valence electrons. The SMILES string of the molecule is O=C(NC1CCCN(Cc2c(F)cccc2F)C1)[C@H]1CSCN1. The van der Waals surface area contributed by atoms with Crippen molar-refractivity contribution in [3.05, 3.63) is 35.4 Å². The maximum absolute atomic E-state index is 13.8. The van der Waals surface area contributed by atoms with E-state index in [4.69, 9.17) is 0 Å². The monoisotopic (exact) mass is 341 g/mol. The van der Waals surface area contributed by atoms with Gasteiger partial charge < -0.3 is 5.32 Å². The molecule has 0 spiro atoms. The lowest BCUT2D eigenvalue weighted by Crippen LogP contribution is -2.52. The van der Waals surface area contributed by atoms with E-state index in [1.54, 1.807) is 11.8 Å². The molecule has 2 atom stereocenters. The summed E-state index contributed by atoms with van der Waals surface area (Å²) in [7, 11) is 0. The van der Waals surface area contributed by atoms with Gasteiger partial charge in [0.25, 0.3) is 0 Å². The first-order valence-electron chi connectivity index (χ1n) is 7.90. The normalized spacial score (nSPS) is 25.5. The molecule has 2 N–H and O–H groups in total. The number of piperidine rings is 1. The van der Waals surface area contributed by atoms with Crippen LogP contribution in [0, 0.1) is 11.6 Å². The first-order chi connectivity index (χ1) is 11.1. The number of likely N-dealkylation sites (tertiary alicyclic amines) is 1. The maximum Gasteiger partial charge on any atom is 0.238 e. The van der Waals surface area contributed by atoms with Crippen molar-refractivity contribution in [3.63, 3.8) is 0 Å². The van der Waals surface area contributed by atoms with E-state index >= 15 is 0 Å². The third-order valence-corrected chi connectivity index (χ3v) is 5.27. The van der Waals surface area contributed by atoms with Crippen molar-refractivity contribution in [3.8, 4) is 0 Å². The Bertz CT molecular complexity index is 546. The van der Waals surface area contributed by atoms with E-state index in [-0.39, 0.29) is 30.1 Å². The minimum Gasteiger partial charge on any atom is -0.351 e. The molecule has 1 unspecified atom stereocenters. The first kappa shape index (κ1) is 16.7. The van der Waals surface area contributed by atoms with Crippen molar-refractivity contribution in [2.75, 3.05) is 24.7 Å². The van der Waals surface area contributed by atoms with E-state index in [1.165, 1.54) is 18.2 Å².